The van der Waals surface area contributed by atoms with Crippen LogP contribution in [0.3, 0.4) is 0 Å². The maximum absolute atomic E-state index is 8.43. The van der Waals surface area contributed by atoms with Crippen LogP contribution in [0.5, 0.6) is 0 Å². The number of aliphatic hydroxyl groups is 1. The van der Waals surface area contributed by atoms with Crippen molar-refractivity contribution in [2.24, 2.45) is 0 Å². The first-order valence-corrected chi connectivity index (χ1v) is 3.76. The van der Waals surface area contributed by atoms with E-state index in [4.69, 9.17) is 14.6 Å². The molecule has 11 heavy (non-hydrogen) atoms. The molecule has 66 valence electrons. The summed E-state index contributed by atoms with van der Waals surface area (Å²) >= 11 is 0. The van der Waals surface area contributed by atoms with Crippen LogP contribution in [0.1, 0.15) is 13.3 Å². The van der Waals surface area contributed by atoms with Crippen LogP contribution < -0.4 is 0 Å². The van der Waals surface area contributed by atoms with Gasteiger partial charge in [0, 0.05) is 13.2 Å². The Morgan fingerprint density at radius 3 is 2.91 bits per heavy atom. The van der Waals surface area contributed by atoms with Gasteiger partial charge >= 0.3 is 0 Å². The fourth-order valence-corrected chi connectivity index (χ4v) is 0.601. The second kappa shape index (κ2) is 7.57. The Bertz CT molecular complexity index is 93.3. The van der Waals surface area contributed by atoms with Crippen molar-refractivity contribution in [2.75, 3.05) is 19.8 Å². The molecule has 0 aliphatic carbocycles. The zero-order chi connectivity index (χ0) is 8.53. The third-order valence-corrected chi connectivity index (χ3v) is 1.15. The molecule has 0 radical (unpaired) electrons. The second-order valence-electron chi connectivity index (χ2n) is 2.26. The van der Waals surface area contributed by atoms with Crippen LogP contribution in [0, 0.1) is 0 Å². The molecule has 0 aliphatic rings. The predicted octanol–water partition coefficient (Wildman–Crippen LogP) is 0.934. The molecule has 0 heterocycles. The van der Waals surface area contributed by atoms with Crippen molar-refractivity contribution in [2.45, 2.75) is 19.4 Å². The third-order valence-electron chi connectivity index (χ3n) is 1.15. The van der Waals surface area contributed by atoms with Gasteiger partial charge in [-0.15, -0.1) is 0 Å². The molecule has 0 saturated heterocycles. The molecular weight excluding hydrogens is 144 g/mol. The zero-order valence-corrected chi connectivity index (χ0v) is 6.95. The molecule has 0 spiro atoms. The molecule has 0 amide bonds. The number of aliphatic hydroxyl groups excluding tert-OH is 1. The molecule has 0 aliphatic heterocycles. The van der Waals surface area contributed by atoms with E-state index in [1.165, 1.54) is 6.26 Å². The van der Waals surface area contributed by atoms with E-state index in [-0.39, 0.29) is 12.7 Å². The Hall–Kier alpha value is -0.540. The second-order valence-corrected chi connectivity index (χ2v) is 2.26. The third kappa shape index (κ3) is 7.36. The Morgan fingerprint density at radius 1 is 1.64 bits per heavy atom. The van der Waals surface area contributed by atoms with Crippen LogP contribution >= 0.6 is 0 Å². The molecule has 0 aromatic rings. The topological polar surface area (TPSA) is 38.7 Å². The minimum absolute atomic E-state index is 0.0690. The van der Waals surface area contributed by atoms with Crippen LogP contribution in [0.4, 0.5) is 0 Å². The highest BCUT2D eigenvalue weighted by atomic mass is 16.5. The summed E-state index contributed by atoms with van der Waals surface area (Å²) in [6.07, 6.45) is 2.14. The quantitative estimate of drug-likeness (QED) is 0.445. The first-order chi connectivity index (χ1) is 5.31. The maximum atomic E-state index is 8.43. The van der Waals surface area contributed by atoms with E-state index in [0.29, 0.717) is 19.6 Å². The van der Waals surface area contributed by atoms with Crippen molar-refractivity contribution >= 4 is 0 Å². The van der Waals surface area contributed by atoms with E-state index in [2.05, 4.69) is 6.58 Å². The summed E-state index contributed by atoms with van der Waals surface area (Å²) in [5.74, 6) is 0. The Kier molecular flexibility index (Phi) is 7.19. The average Bonchev–Trinajstić information content (AvgIpc) is 2.01. The molecule has 0 saturated carbocycles. The Morgan fingerprint density at radius 2 is 2.36 bits per heavy atom. The van der Waals surface area contributed by atoms with Gasteiger partial charge in [0.2, 0.25) is 0 Å². The SMILES string of the molecule is C=COCC(C)OCCCO. The van der Waals surface area contributed by atoms with Crippen molar-refractivity contribution in [3.05, 3.63) is 12.8 Å². The van der Waals surface area contributed by atoms with E-state index >= 15 is 0 Å². The number of rotatable bonds is 7. The van der Waals surface area contributed by atoms with Crippen LogP contribution in [0.25, 0.3) is 0 Å². The molecule has 1 unspecified atom stereocenters. The Balaban J connectivity index is 3.08. The lowest BCUT2D eigenvalue weighted by Crippen LogP contribution is -2.15. The van der Waals surface area contributed by atoms with Crippen molar-refractivity contribution < 1.29 is 14.6 Å². The fourth-order valence-electron chi connectivity index (χ4n) is 0.601. The molecule has 0 aromatic heterocycles. The van der Waals surface area contributed by atoms with Crippen LogP contribution in [0.2, 0.25) is 0 Å². The van der Waals surface area contributed by atoms with Crippen molar-refractivity contribution in [3.8, 4) is 0 Å². The lowest BCUT2D eigenvalue weighted by atomic mass is 10.4. The van der Waals surface area contributed by atoms with Gasteiger partial charge in [0.05, 0.1) is 12.4 Å². The molecule has 0 bridgehead atoms. The van der Waals surface area contributed by atoms with Gasteiger partial charge in [-0.1, -0.05) is 6.58 Å². The van der Waals surface area contributed by atoms with E-state index in [1.54, 1.807) is 0 Å². The highest BCUT2D eigenvalue weighted by Crippen LogP contribution is 1.93. The van der Waals surface area contributed by atoms with Crippen molar-refractivity contribution in [1.82, 2.24) is 0 Å². The van der Waals surface area contributed by atoms with Gasteiger partial charge in [-0.05, 0) is 13.3 Å². The van der Waals surface area contributed by atoms with Crippen LogP contribution in [-0.2, 0) is 9.47 Å². The lowest BCUT2D eigenvalue weighted by molar-refractivity contribution is 0.0142. The largest absolute Gasteiger partial charge is 0.499 e. The number of hydrogen-bond donors (Lipinski definition) is 1. The van der Waals surface area contributed by atoms with Gasteiger partial charge in [-0.25, -0.2) is 0 Å². The summed E-state index contributed by atoms with van der Waals surface area (Å²) in [6, 6.07) is 0. The monoisotopic (exact) mass is 160 g/mol. The summed E-state index contributed by atoms with van der Waals surface area (Å²) in [5, 5.41) is 8.43. The summed E-state index contributed by atoms with van der Waals surface area (Å²) in [7, 11) is 0. The van der Waals surface area contributed by atoms with Gasteiger partial charge in [0.15, 0.2) is 0 Å². The normalized spacial score (nSPS) is 12.5. The Labute approximate surface area is 67.6 Å². The van der Waals surface area contributed by atoms with Gasteiger partial charge in [-0.3, -0.25) is 0 Å². The van der Waals surface area contributed by atoms with Crippen molar-refractivity contribution in [1.29, 1.82) is 0 Å². The lowest BCUT2D eigenvalue weighted by Gasteiger charge is -2.11. The van der Waals surface area contributed by atoms with E-state index in [9.17, 15) is 0 Å². The predicted molar refractivity (Wildman–Crippen MR) is 43.3 cm³/mol. The highest BCUT2D eigenvalue weighted by Gasteiger charge is 1.99. The van der Waals surface area contributed by atoms with Gasteiger partial charge < -0.3 is 14.6 Å². The molecule has 3 heteroatoms. The average molecular weight is 160 g/mol. The van der Waals surface area contributed by atoms with E-state index < -0.39 is 0 Å². The minimum atomic E-state index is 0.0690. The zero-order valence-electron chi connectivity index (χ0n) is 6.95. The van der Waals surface area contributed by atoms with Gasteiger partial charge in [0.1, 0.15) is 6.61 Å². The summed E-state index contributed by atoms with van der Waals surface area (Å²) < 4.78 is 10.2. The highest BCUT2D eigenvalue weighted by molar-refractivity contribution is 4.53. The standard InChI is InChI=1S/C8H16O3/c1-3-10-7-8(2)11-6-4-5-9/h3,8-9H,1,4-7H2,2H3. The number of hydrogen-bond acceptors (Lipinski definition) is 3. The molecule has 0 aromatic carbocycles. The van der Waals surface area contributed by atoms with Gasteiger partial charge in [-0.2, -0.15) is 0 Å². The molecule has 3 nitrogen and oxygen atoms in total. The van der Waals surface area contributed by atoms with Crippen molar-refractivity contribution in [3.63, 3.8) is 0 Å². The van der Waals surface area contributed by atoms with Crippen LogP contribution in [-0.4, -0.2) is 31.0 Å². The number of ether oxygens (including phenoxy) is 2. The first-order valence-electron chi connectivity index (χ1n) is 3.76. The maximum Gasteiger partial charge on any atom is 0.113 e. The fraction of sp³-hybridized carbons (Fsp3) is 0.750. The van der Waals surface area contributed by atoms with Crippen LogP contribution in [0.15, 0.2) is 12.8 Å². The summed E-state index contributed by atoms with van der Waals surface area (Å²) in [6.45, 7) is 6.61. The minimum Gasteiger partial charge on any atom is -0.499 e. The first kappa shape index (κ1) is 10.5. The molecule has 1 atom stereocenters. The molecular formula is C8H16O3. The summed E-state index contributed by atoms with van der Waals surface area (Å²) in [5.41, 5.74) is 0. The van der Waals surface area contributed by atoms with Gasteiger partial charge in [0.25, 0.3) is 0 Å². The molecule has 0 rings (SSSR count). The van der Waals surface area contributed by atoms with E-state index in [0.717, 1.165) is 0 Å². The molecule has 0 fully saturated rings. The summed E-state index contributed by atoms with van der Waals surface area (Å²) in [4.78, 5) is 0. The smallest absolute Gasteiger partial charge is 0.113 e. The molecule has 1 N–H and O–H groups in total. The van der Waals surface area contributed by atoms with E-state index in [1.807, 2.05) is 6.92 Å².